The van der Waals surface area contributed by atoms with Gasteiger partial charge in [-0.1, -0.05) is 52.2 Å². The lowest BCUT2D eigenvalue weighted by molar-refractivity contribution is 0.439. The van der Waals surface area contributed by atoms with Gasteiger partial charge in [0.15, 0.2) is 0 Å². The van der Waals surface area contributed by atoms with Crippen LogP contribution in [0, 0.1) is 11.8 Å². The second-order valence-corrected chi connectivity index (χ2v) is 4.58. The molecule has 0 aromatic carbocycles. The van der Waals surface area contributed by atoms with Crippen LogP contribution in [0.4, 0.5) is 0 Å². The third-order valence-corrected chi connectivity index (χ3v) is 2.54. The standard InChI is InChI=1S/C13H26/c1-5-6-7-10-13(4)11-8-9-12(2)3/h5-6,12-13H,7-11H2,1-4H3/b6-5+. The van der Waals surface area contributed by atoms with Crippen LogP contribution in [0.25, 0.3) is 0 Å². The van der Waals surface area contributed by atoms with Gasteiger partial charge in [0.2, 0.25) is 0 Å². The third kappa shape index (κ3) is 9.66. The molecule has 0 fully saturated rings. The topological polar surface area (TPSA) is 0 Å². The van der Waals surface area contributed by atoms with Crippen LogP contribution < -0.4 is 0 Å². The maximum Gasteiger partial charge on any atom is -0.0348 e. The van der Waals surface area contributed by atoms with Crippen molar-refractivity contribution in [1.82, 2.24) is 0 Å². The highest BCUT2D eigenvalue weighted by Gasteiger charge is 2.01. The first-order valence-electron chi connectivity index (χ1n) is 5.78. The minimum absolute atomic E-state index is 0.878. The second kappa shape index (κ2) is 8.34. The lowest BCUT2D eigenvalue weighted by Crippen LogP contribution is -1.95. The summed E-state index contributed by atoms with van der Waals surface area (Å²) in [5.74, 6) is 1.79. The molecule has 0 radical (unpaired) electrons. The summed E-state index contributed by atoms with van der Waals surface area (Å²) in [4.78, 5) is 0. The maximum atomic E-state index is 2.38. The first-order chi connectivity index (χ1) is 6.16. The molecule has 78 valence electrons. The van der Waals surface area contributed by atoms with Crippen LogP contribution >= 0.6 is 0 Å². The quantitative estimate of drug-likeness (QED) is 0.496. The fourth-order valence-corrected chi connectivity index (χ4v) is 1.57. The molecule has 0 saturated heterocycles. The predicted molar refractivity (Wildman–Crippen MR) is 61.9 cm³/mol. The van der Waals surface area contributed by atoms with Crippen molar-refractivity contribution in [3.05, 3.63) is 12.2 Å². The summed E-state index contributed by atoms with van der Waals surface area (Å²) >= 11 is 0. The highest BCUT2D eigenvalue weighted by molar-refractivity contribution is 4.77. The molecular formula is C13H26. The Bertz CT molecular complexity index is 122. The van der Waals surface area contributed by atoms with Crippen molar-refractivity contribution in [2.75, 3.05) is 0 Å². The van der Waals surface area contributed by atoms with Crippen LogP contribution in [0.2, 0.25) is 0 Å². The van der Waals surface area contributed by atoms with Gasteiger partial charge in [-0.3, -0.25) is 0 Å². The van der Waals surface area contributed by atoms with Gasteiger partial charge >= 0.3 is 0 Å². The molecule has 0 heterocycles. The molecular weight excluding hydrogens is 156 g/mol. The molecule has 0 N–H and O–H groups in total. The molecule has 0 heteroatoms. The van der Waals surface area contributed by atoms with E-state index < -0.39 is 0 Å². The molecule has 13 heavy (non-hydrogen) atoms. The Hall–Kier alpha value is -0.260. The van der Waals surface area contributed by atoms with E-state index in [-0.39, 0.29) is 0 Å². The molecule has 0 aromatic rings. The van der Waals surface area contributed by atoms with Gasteiger partial charge in [0.1, 0.15) is 0 Å². The highest BCUT2D eigenvalue weighted by Crippen LogP contribution is 2.16. The van der Waals surface area contributed by atoms with E-state index in [1.807, 2.05) is 0 Å². The average molecular weight is 182 g/mol. The van der Waals surface area contributed by atoms with Crippen molar-refractivity contribution in [3.63, 3.8) is 0 Å². The van der Waals surface area contributed by atoms with E-state index in [4.69, 9.17) is 0 Å². The summed E-state index contributed by atoms with van der Waals surface area (Å²) in [5.41, 5.74) is 0. The molecule has 0 amide bonds. The summed E-state index contributed by atoms with van der Waals surface area (Å²) in [5, 5.41) is 0. The highest BCUT2D eigenvalue weighted by atomic mass is 14.1. The first kappa shape index (κ1) is 12.7. The van der Waals surface area contributed by atoms with Crippen LogP contribution in [-0.4, -0.2) is 0 Å². The average Bonchev–Trinajstić information content (AvgIpc) is 2.04. The largest absolute Gasteiger partial charge is 0.0917 e. The molecule has 0 aromatic heterocycles. The zero-order valence-electron chi connectivity index (χ0n) is 9.84. The van der Waals surface area contributed by atoms with E-state index in [2.05, 4.69) is 39.8 Å². The van der Waals surface area contributed by atoms with Gasteiger partial charge in [-0.05, 0) is 31.6 Å². The van der Waals surface area contributed by atoms with Crippen molar-refractivity contribution in [1.29, 1.82) is 0 Å². The van der Waals surface area contributed by atoms with Crippen molar-refractivity contribution < 1.29 is 0 Å². The van der Waals surface area contributed by atoms with Gasteiger partial charge in [-0.2, -0.15) is 0 Å². The first-order valence-corrected chi connectivity index (χ1v) is 5.78. The van der Waals surface area contributed by atoms with Crippen LogP contribution in [-0.2, 0) is 0 Å². The van der Waals surface area contributed by atoms with Crippen LogP contribution in [0.3, 0.4) is 0 Å². The van der Waals surface area contributed by atoms with E-state index in [9.17, 15) is 0 Å². The molecule has 0 rings (SSSR count). The lowest BCUT2D eigenvalue weighted by Gasteiger charge is -2.10. The Morgan fingerprint density at radius 3 is 2.23 bits per heavy atom. The van der Waals surface area contributed by atoms with E-state index in [1.54, 1.807) is 0 Å². The van der Waals surface area contributed by atoms with Crippen molar-refractivity contribution in [2.24, 2.45) is 11.8 Å². The smallest absolute Gasteiger partial charge is 0.0348 e. The van der Waals surface area contributed by atoms with E-state index in [0.29, 0.717) is 0 Å². The molecule has 1 unspecified atom stereocenters. The van der Waals surface area contributed by atoms with Gasteiger partial charge in [0.05, 0.1) is 0 Å². The zero-order chi connectivity index (χ0) is 10.1. The summed E-state index contributed by atoms with van der Waals surface area (Å²) in [6, 6.07) is 0. The van der Waals surface area contributed by atoms with E-state index in [0.717, 1.165) is 11.8 Å². The van der Waals surface area contributed by atoms with Gasteiger partial charge in [0, 0.05) is 0 Å². The molecule has 0 aliphatic heterocycles. The van der Waals surface area contributed by atoms with Crippen LogP contribution in [0.15, 0.2) is 12.2 Å². The molecule has 0 spiro atoms. The van der Waals surface area contributed by atoms with Crippen molar-refractivity contribution in [3.8, 4) is 0 Å². The van der Waals surface area contributed by atoms with Crippen LogP contribution in [0.1, 0.15) is 59.8 Å². The Morgan fingerprint density at radius 2 is 1.69 bits per heavy atom. The minimum atomic E-state index is 0.878. The predicted octanol–water partition coefficient (Wildman–Crippen LogP) is 4.81. The Morgan fingerprint density at radius 1 is 1.00 bits per heavy atom. The van der Waals surface area contributed by atoms with Crippen molar-refractivity contribution in [2.45, 2.75) is 59.8 Å². The summed E-state index contributed by atoms with van der Waals surface area (Å²) in [6.07, 6.45) is 11.3. The molecule has 0 saturated carbocycles. The fourth-order valence-electron chi connectivity index (χ4n) is 1.57. The van der Waals surface area contributed by atoms with Gasteiger partial charge in [0.25, 0.3) is 0 Å². The second-order valence-electron chi connectivity index (χ2n) is 4.58. The Kier molecular flexibility index (Phi) is 8.18. The molecule has 0 nitrogen and oxygen atoms in total. The molecule has 0 aliphatic carbocycles. The van der Waals surface area contributed by atoms with E-state index >= 15 is 0 Å². The normalized spacial score (nSPS) is 14.2. The van der Waals surface area contributed by atoms with Gasteiger partial charge in [-0.25, -0.2) is 0 Å². The van der Waals surface area contributed by atoms with E-state index in [1.165, 1.54) is 32.1 Å². The molecule has 0 aliphatic rings. The Labute approximate surface area is 84.4 Å². The SMILES string of the molecule is C/C=C/CCC(C)CCCC(C)C. The number of rotatable bonds is 7. The summed E-state index contributed by atoms with van der Waals surface area (Å²) in [6.45, 7) is 9.10. The third-order valence-electron chi connectivity index (χ3n) is 2.54. The number of hydrogen-bond donors (Lipinski definition) is 0. The molecule has 1 atom stereocenters. The summed E-state index contributed by atoms with van der Waals surface area (Å²) in [7, 11) is 0. The van der Waals surface area contributed by atoms with Crippen molar-refractivity contribution >= 4 is 0 Å². The van der Waals surface area contributed by atoms with Crippen LogP contribution in [0.5, 0.6) is 0 Å². The number of allylic oxidation sites excluding steroid dienone is 2. The van der Waals surface area contributed by atoms with Gasteiger partial charge < -0.3 is 0 Å². The zero-order valence-corrected chi connectivity index (χ0v) is 9.84. The minimum Gasteiger partial charge on any atom is -0.0917 e. The Balaban J connectivity index is 3.24. The maximum absolute atomic E-state index is 2.38. The summed E-state index contributed by atoms with van der Waals surface area (Å²) < 4.78 is 0. The number of hydrogen-bond acceptors (Lipinski definition) is 0. The van der Waals surface area contributed by atoms with Gasteiger partial charge in [-0.15, -0.1) is 0 Å². The monoisotopic (exact) mass is 182 g/mol. The fraction of sp³-hybridized carbons (Fsp3) is 0.846. The molecule has 0 bridgehead atoms. The lowest BCUT2D eigenvalue weighted by atomic mass is 9.96.